The van der Waals surface area contributed by atoms with Gasteiger partial charge in [0.2, 0.25) is 10.0 Å². The maximum absolute atomic E-state index is 10.8. The van der Waals surface area contributed by atoms with Crippen LogP contribution in [0.1, 0.15) is 6.92 Å². The van der Waals surface area contributed by atoms with Crippen LogP contribution < -0.4 is 0 Å². The molecule has 3 nitrogen and oxygen atoms in total. The molecule has 0 aromatic rings. The lowest BCUT2D eigenvalue weighted by molar-refractivity contribution is 0.452. The van der Waals surface area contributed by atoms with Crippen molar-refractivity contribution in [2.75, 3.05) is 25.2 Å². The molecule has 0 rings (SSSR count). The molecule has 0 unspecified atom stereocenters. The summed E-state index contributed by atoms with van der Waals surface area (Å²) >= 11 is 5.37. The van der Waals surface area contributed by atoms with Crippen LogP contribution in [0.2, 0.25) is 0 Å². The molecule has 0 bridgehead atoms. The van der Waals surface area contributed by atoms with Crippen LogP contribution in [0.3, 0.4) is 0 Å². The van der Waals surface area contributed by atoms with E-state index in [0.717, 1.165) is 0 Å². The van der Waals surface area contributed by atoms with Crippen molar-refractivity contribution in [2.24, 2.45) is 0 Å². The molecule has 0 amide bonds. The van der Waals surface area contributed by atoms with Crippen molar-refractivity contribution < 1.29 is 8.42 Å². The van der Waals surface area contributed by atoms with Crippen molar-refractivity contribution in [3.63, 3.8) is 0 Å². The molecule has 0 N–H and O–H groups in total. The fourth-order valence-corrected chi connectivity index (χ4v) is 1.85. The molecule has 0 spiro atoms. The molecule has 0 aliphatic heterocycles. The highest BCUT2D eigenvalue weighted by atomic mass is 35.5. The lowest BCUT2D eigenvalue weighted by Crippen LogP contribution is -2.31. The summed E-state index contributed by atoms with van der Waals surface area (Å²) in [4.78, 5) is 0. The third-order valence-corrected chi connectivity index (χ3v) is 2.70. The van der Waals surface area contributed by atoms with Gasteiger partial charge in [-0.3, -0.25) is 0 Å². The summed E-state index contributed by atoms with van der Waals surface area (Å²) in [5.41, 5.74) is 0. The van der Waals surface area contributed by atoms with Crippen molar-refractivity contribution in [3.05, 3.63) is 0 Å². The van der Waals surface area contributed by atoms with Crippen molar-refractivity contribution in [2.45, 2.75) is 6.92 Å². The summed E-state index contributed by atoms with van der Waals surface area (Å²) in [6, 6.07) is 0. The minimum absolute atomic E-state index is 0.348. The van der Waals surface area contributed by atoms with Crippen LogP contribution in [0.4, 0.5) is 0 Å². The second-order valence-electron chi connectivity index (χ2n) is 1.94. The Morgan fingerprint density at radius 1 is 1.50 bits per heavy atom. The van der Waals surface area contributed by atoms with Crippen LogP contribution in [0.25, 0.3) is 0 Å². The summed E-state index contributed by atoms with van der Waals surface area (Å²) in [6.07, 6.45) is 1.18. The van der Waals surface area contributed by atoms with Crippen molar-refractivity contribution in [1.29, 1.82) is 0 Å². The number of sulfonamides is 1. The number of halogens is 1. The molecule has 62 valence electrons. The Hall–Kier alpha value is 0.200. The van der Waals surface area contributed by atoms with Crippen molar-refractivity contribution >= 4 is 21.6 Å². The molecular formula is C5H12ClNO2S. The molecule has 0 heterocycles. The summed E-state index contributed by atoms with van der Waals surface area (Å²) < 4.78 is 23.0. The van der Waals surface area contributed by atoms with Gasteiger partial charge in [-0.2, -0.15) is 0 Å². The summed E-state index contributed by atoms with van der Waals surface area (Å²) in [6.45, 7) is 2.68. The van der Waals surface area contributed by atoms with Gasteiger partial charge in [-0.1, -0.05) is 6.92 Å². The number of hydrogen-bond acceptors (Lipinski definition) is 2. The fourth-order valence-electron chi connectivity index (χ4n) is 0.653. The molecule has 10 heavy (non-hydrogen) atoms. The Bertz CT molecular complexity index is 178. The summed E-state index contributed by atoms with van der Waals surface area (Å²) in [7, 11) is -3.03. The van der Waals surface area contributed by atoms with Gasteiger partial charge in [0.15, 0.2) is 0 Å². The molecule has 0 saturated heterocycles. The van der Waals surface area contributed by atoms with E-state index in [4.69, 9.17) is 11.6 Å². The van der Waals surface area contributed by atoms with E-state index < -0.39 is 10.0 Å². The van der Waals surface area contributed by atoms with Crippen LogP contribution in [0.5, 0.6) is 0 Å². The first kappa shape index (κ1) is 10.2. The standard InChI is InChI=1S/C5H12ClNO2S/c1-3-7(5-4-6)10(2,8)9/h3-5H2,1-2H3. The predicted molar refractivity (Wildman–Crippen MR) is 42.8 cm³/mol. The smallest absolute Gasteiger partial charge is 0.211 e. The second kappa shape index (κ2) is 4.16. The largest absolute Gasteiger partial charge is 0.213 e. The van der Waals surface area contributed by atoms with Crippen molar-refractivity contribution in [1.82, 2.24) is 4.31 Å². The Balaban J connectivity index is 4.08. The van der Waals surface area contributed by atoms with Crippen LogP contribution >= 0.6 is 11.6 Å². The van der Waals surface area contributed by atoms with E-state index in [9.17, 15) is 8.42 Å². The zero-order valence-electron chi connectivity index (χ0n) is 6.17. The van der Waals surface area contributed by atoms with E-state index >= 15 is 0 Å². The lowest BCUT2D eigenvalue weighted by atomic mass is 10.7. The average Bonchev–Trinajstić information content (AvgIpc) is 1.80. The van der Waals surface area contributed by atoms with Gasteiger partial charge in [0.1, 0.15) is 0 Å². The molecule has 0 atom stereocenters. The molecule has 0 fully saturated rings. The third-order valence-electron chi connectivity index (χ3n) is 1.16. The first-order valence-corrected chi connectivity index (χ1v) is 5.41. The zero-order valence-corrected chi connectivity index (χ0v) is 7.74. The summed E-state index contributed by atoms with van der Waals surface area (Å²) in [5, 5.41) is 0. The SMILES string of the molecule is CCN(CCCl)S(C)(=O)=O. The second-order valence-corrected chi connectivity index (χ2v) is 4.30. The Morgan fingerprint density at radius 3 is 2.10 bits per heavy atom. The van der Waals surface area contributed by atoms with Gasteiger partial charge in [0, 0.05) is 19.0 Å². The Labute approximate surface area is 67.0 Å². The van der Waals surface area contributed by atoms with Gasteiger partial charge in [-0.25, -0.2) is 12.7 Å². The number of rotatable bonds is 4. The highest BCUT2D eigenvalue weighted by molar-refractivity contribution is 7.88. The van der Waals surface area contributed by atoms with E-state index in [1.165, 1.54) is 10.6 Å². The topological polar surface area (TPSA) is 37.4 Å². The van der Waals surface area contributed by atoms with E-state index in [-0.39, 0.29) is 0 Å². The number of alkyl halides is 1. The van der Waals surface area contributed by atoms with Gasteiger partial charge in [0.25, 0.3) is 0 Å². The molecule has 0 aromatic carbocycles. The normalized spacial score (nSPS) is 12.4. The van der Waals surface area contributed by atoms with Crippen LogP contribution in [-0.2, 0) is 10.0 Å². The quantitative estimate of drug-likeness (QED) is 0.599. The minimum Gasteiger partial charge on any atom is -0.213 e. The first-order valence-electron chi connectivity index (χ1n) is 3.03. The first-order chi connectivity index (χ1) is 4.52. The molecule has 0 aromatic heterocycles. The van der Waals surface area contributed by atoms with E-state index in [1.54, 1.807) is 6.92 Å². The maximum atomic E-state index is 10.8. The Kier molecular flexibility index (Phi) is 4.24. The number of nitrogens with zero attached hydrogens (tertiary/aromatic N) is 1. The summed E-state index contributed by atoms with van der Waals surface area (Å²) in [5.74, 6) is 0.348. The highest BCUT2D eigenvalue weighted by Gasteiger charge is 2.11. The van der Waals surface area contributed by atoms with E-state index in [0.29, 0.717) is 19.0 Å². The maximum Gasteiger partial charge on any atom is 0.211 e. The van der Waals surface area contributed by atoms with Crippen molar-refractivity contribution in [3.8, 4) is 0 Å². The average molecular weight is 186 g/mol. The molecule has 0 saturated carbocycles. The van der Waals surface area contributed by atoms with Crippen LogP contribution in [0.15, 0.2) is 0 Å². The van der Waals surface area contributed by atoms with Gasteiger partial charge in [-0.15, -0.1) is 11.6 Å². The van der Waals surface area contributed by atoms with Gasteiger partial charge in [0.05, 0.1) is 6.26 Å². The van der Waals surface area contributed by atoms with E-state index in [2.05, 4.69) is 0 Å². The predicted octanol–water partition coefficient (Wildman–Crippen LogP) is 0.507. The van der Waals surface area contributed by atoms with E-state index in [1.807, 2.05) is 0 Å². The molecule has 0 aliphatic carbocycles. The minimum atomic E-state index is -3.03. The molecular weight excluding hydrogens is 174 g/mol. The highest BCUT2D eigenvalue weighted by Crippen LogP contribution is 1.96. The third kappa shape index (κ3) is 3.39. The van der Waals surface area contributed by atoms with Gasteiger partial charge < -0.3 is 0 Å². The van der Waals surface area contributed by atoms with Gasteiger partial charge in [-0.05, 0) is 0 Å². The zero-order chi connectivity index (χ0) is 8.20. The monoisotopic (exact) mass is 185 g/mol. The fraction of sp³-hybridized carbons (Fsp3) is 1.00. The van der Waals surface area contributed by atoms with Crippen LogP contribution in [-0.4, -0.2) is 37.9 Å². The lowest BCUT2D eigenvalue weighted by Gasteiger charge is -2.15. The molecule has 5 heteroatoms. The Morgan fingerprint density at radius 2 is 2.00 bits per heavy atom. The molecule has 0 radical (unpaired) electrons. The van der Waals surface area contributed by atoms with Gasteiger partial charge >= 0.3 is 0 Å². The number of hydrogen-bond donors (Lipinski definition) is 0. The van der Waals surface area contributed by atoms with Crippen LogP contribution in [0, 0.1) is 0 Å². The molecule has 0 aliphatic rings.